The Morgan fingerprint density at radius 2 is 1.57 bits per heavy atom. The minimum Gasteiger partial charge on any atom is -0.497 e. The number of hydrogen-bond donors (Lipinski definition) is 2. The van der Waals surface area contributed by atoms with Crippen molar-refractivity contribution in [1.82, 2.24) is 5.32 Å². The van der Waals surface area contributed by atoms with Crippen molar-refractivity contribution in [3.8, 4) is 5.75 Å². The minimum atomic E-state index is -0.640. The van der Waals surface area contributed by atoms with Gasteiger partial charge in [0.2, 0.25) is 5.91 Å². The fourth-order valence-electron chi connectivity index (χ4n) is 2.86. The molecule has 2 amide bonds. The van der Waals surface area contributed by atoms with E-state index in [9.17, 15) is 9.59 Å². The van der Waals surface area contributed by atoms with E-state index in [-0.39, 0.29) is 17.5 Å². The van der Waals surface area contributed by atoms with Gasteiger partial charge in [0, 0.05) is 16.5 Å². The summed E-state index contributed by atoms with van der Waals surface area (Å²) < 4.78 is 5.18. The van der Waals surface area contributed by atoms with Crippen LogP contribution in [0.25, 0.3) is 16.8 Å². The van der Waals surface area contributed by atoms with Gasteiger partial charge in [-0.3, -0.25) is 9.59 Å². The van der Waals surface area contributed by atoms with Gasteiger partial charge in [-0.1, -0.05) is 69.3 Å². The smallest absolute Gasteiger partial charge is 0.272 e. The summed E-state index contributed by atoms with van der Waals surface area (Å²) in [6.07, 6.45) is 1.66. The Labute approximate surface area is 176 Å². The Bertz CT molecular complexity index is 1090. The summed E-state index contributed by atoms with van der Waals surface area (Å²) >= 11 is 0. The zero-order chi connectivity index (χ0) is 21.7. The predicted molar refractivity (Wildman–Crippen MR) is 121 cm³/mol. The van der Waals surface area contributed by atoms with Crippen LogP contribution in [0.2, 0.25) is 0 Å². The van der Waals surface area contributed by atoms with Crippen LogP contribution in [0.3, 0.4) is 0 Å². The second-order valence-corrected chi connectivity index (χ2v) is 8.02. The molecule has 30 heavy (non-hydrogen) atoms. The lowest BCUT2D eigenvalue weighted by Crippen LogP contribution is -2.38. The number of nitrogens with one attached hydrogen (secondary N) is 2. The molecule has 0 heterocycles. The lowest BCUT2D eigenvalue weighted by Gasteiger charge is -2.19. The van der Waals surface area contributed by atoms with Crippen molar-refractivity contribution < 1.29 is 14.3 Å². The largest absolute Gasteiger partial charge is 0.497 e. The van der Waals surface area contributed by atoms with Gasteiger partial charge >= 0.3 is 0 Å². The van der Waals surface area contributed by atoms with Gasteiger partial charge in [-0.25, -0.2) is 0 Å². The first-order chi connectivity index (χ1) is 14.3. The van der Waals surface area contributed by atoms with Gasteiger partial charge in [0.25, 0.3) is 5.91 Å². The number of amides is 2. The van der Waals surface area contributed by atoms with Crippen LogP contribution in [0.4, 0.5) is 5.69 Å². The summed E-state index contributed by atoms with van der Waals surface area (Å²) in [6, 6.07) is 20.8. The normalized spacial score (nSPS) is 11.8. The number of methoxy groups -OCH3 is 1. The summed E-state index contributed by atoms with van der Waals surface area (Å²) in [4.78, 5) is 25.7. The van der Waals surface area contributed by atoms with Gasteiger partial charge < -0.3 is 15.4 Å². The van der Waals surface area contributed by atoms with Crippen molar-refractivity contribution in [3.05, 3.63) is 78.0 Å². The summed E-state index contributed by atoms with van der Waals surface area (Å²) in [5.41, 5.74) is 0.989. The highest BCUT2D eigenvalue weighted by Crippen LogP contribution is 2.24. The first kappa shape index (κ1) is 21.1. The minimum absolute atomic E-state index is 0.174. The Hall–Kier alpha value is -3.60. The van der Waals surface area contributed by atoms with Crippen LogP contribution in [0.5, 0.6) is 5.75 Å². The zero-order valence-corrected chi connectivity index (χ0v) is 17.7. The molecular formula is C25H26N2O3. The van der Waals surface area contributed by atoms with Gasteiger partial charge in [0.05, 0.1) is 7.11 Å². The Kier molecular flexibility index (Phi) is 6.21. The topological polar surface area (TPSA) is 67.4 Å². The average molecular weight is 402 g/mol. The molecule has 0 aliphatic heterocycles. The monoisotopic (exact) mass is 402 g/mol. The molecule has 3 aromatic rings. The maximum atomic E-state index is 13.1. The number of anilines is 1. The summed E-state index contributed by atoms with van der Waals surface area (Å²) in [5, 5.41) is 7.67. The molecule has 0 saturated heterocycles. The Morgan fingerprint density at radius 3 is 2.23 bits per heavy atom. The summed E-state index contributed by atoms with van der Waals surface area (Å²) in [5.74, 6) is 0.0859. The molecule has 3 aromatic carbocycles. The molecule has 0 fully saturated rings. The maximum Gasteiger partial charge on any atom is 0.272 e. The standard InChI is InChI=1S/C25H26N2O3/c1-25(2,3)24(29)27-22(16-17-12-14-19(30-4)15-13-17)23(28)26-21-11-7-9-18-8-5-6-10-20(18)21/h5-16H,1-4H3,(H,26,28)(H,27,29)/b22-16+. The molecule has 154 valence electrons. The zero-order valence-electron chi connectivity index (χ0n) is 17.7. The highest BCUT2D eigenvalue weighted by molar-refractivity contribution is 6.12. The van der Waals surface area contributed by atoms with Crippen LogP contribution >= 0.6 is 0 Å². The molecule has 5 heteroatoms. The lowest BCUT2D eigenvalue weighted by atomic mass is 9.95. The highest BCUT2D eigenvalue weighted by atomic mass is 16.5. The molecule has 0 atom stereocenters. The molecule has 0 radical (unpaired) electrons. The van der Waals surface area contributed by atoms with E-state index in [1.165, 1.54) is 0 Å². The molecular weight excluding hydrogens is 376 g/mol. The number of benzene rings is 3. The Balaban J connectivity index is 1.94. The van der Waals surface area contributed by atoms with E-state index in [1.807, 2.05) is 54.6 Å². The molecule has 0 aliphatic carbocycles. The summed E-state index contributed by atoms with van der Waals surface area (Å²) in [6.45, 7) is 5.40. The van der Waals surface area contributed by atoms with Crippen molar-refractivity contribution in [3.63, 3.8) is 0 Å². The van der Waals surface area contributed by atoms with E-state index in [4.69, 9.17) is 4.74 Å². The number of ether oxygens (including phenoxy) is 1. The number of rotatable bonds is 5. The van der Waals surface area contributed by atoms with Crippen LogP contribution in [0.15, 0.2) is 72.4 Å². The van der Waals surface area contributed by atoms with Gasteiger partial charge in [0.15, 0.2) is 0 Å². The second kappa shape index (κ2) is 8.82. The van der Waals surface area contributed by atoms with Gasteiger partial charge in [-0.05, 0) is 35.2 Å². The Morgan fingerprint density at radius 1 is 0.900 bits per heavy atom. The third-order valence-corrected chi connectivity index (χ3v) is 4.64. The van der Waals surface area contributed by atoms with Gasteiger partial charge in [0.1, 0.15) is 11.4 Å². The first-order valence-corrected chi connectivity index (χ1v) is 9.74. The lowest BCUT2D eigenvalue weighted by molar-refractivity contribution is -0.128. The maximum absolute atomic E-state index is 13.1. The van der Waals surface area contributed by atoms with E-state index >= 15 is 0 Å². The summed E-state index contributed by atoms with van der Waals surface area (Å²) in [7, 11) is 1.59. The first-order valence-electron chi connectivity index (χ1n) is 9.74. The van der Waals surface area contributed by atoms with Crippen LogP contribution < -0.4 is 15.4 Å². The molecule has 0 spiro atoms. The molecule has 0 unspecified atom stereocenters. The molecule has 0 aromatic heterocycles. The average Bonchev–Trinajstić information content (AvgIpc) is 2.73. The molecule has 2 N–H and O–H groups in total. The van der Waals surface area contributed by atoms with Crippen LogP contribution in [0.1, 0.15) is 26.3 Å². The van der Waals surface area contributed by atoms with Crippen LogP contribution in [-0.4, -0.2) is 18.9 Å². The van der Waals surface area contributed by atoms with E-state index in [1.54, 1.807) is 46.1 Å². The number of carbonyl (C=O) groups excluding carboxylic acids is 2. The van der Waals surface area contributed by atoms with Gasteiger partial charge in [-0.15, -0.1) is 0 Å². The SMILES string of the molecule is COc1ccc(/C=C(/NC(=O)C(C)(C)C)C(=O)Nc2cccc3ccccc23)cc1. The fourth-order valence-corrected chi connectivity index (χ4v) is 2.86. The van der Waals surface area contributed by atoms with Gasteiger partial charge in [-0.2, -0.15) is 0 Å². The third kappa shape index (κ3) is 5.06. The van der Waals surface area contributed by atoms with Crippen molar-refractivity contribution in [2.24, 2.45) is 5.41 Å². The molecule has 0 bridgehead atoms. The fraction of sp³-hybridized carbons (Fsp3) is 0.200. The van der Waals surface area contributed by atoms with Crippen molar-refractivity contribution >= 4 is 34.4 Å². The van der Waals surface area contributed by atoms with E-state index in [0.717, 1.165) is 16.3 Å². The molecule has 5 nitrogen and oxygen atoms in total. The second-order valence-electron chi connectivity index (χ2n) is 8.02. The number of carbonyl (C=O) groups is 2. The van der Waals surface area contributed by atoms with Crippen molar-refractivity contribution in [1.29, 1.82) is 0 Å². The number of hydrogen-bond acceptors (Lipinski definition) is 3. The quantitative estimate of drug-likeness (QED) is 0.591. The molecule has 0 aliphatic rings. The molecule has 0 saturated carbocycles. The van der Waals surface area contributed by atoms with E-state index in [2.05, 4.69) is 10.6 Å². The van der Waals surface area contributed by atoms with Crippen molar-refractivity contribution in [2.75, 3.05) is 12.4 Å². The third-order valence-electron chi connectivity index (χ3n) is 4.64. The van der Waals surface area contributed by atoms with E-state index in [0.29, 0.717) is 11.4 Å². The van der Waals surface area contributed by atoms with Crippen molar-refractivity contribution in [2.45, 2.75) is 20.8 Å². The van der Waals surface area contributed by atoms with Crippen LogP contribution in [-0.2, 0) is 9.59 Å². The predicted octanol–water partition coefficient (Wildman–Crippen LogP) is 4.99. The number of fused-ring (bicyclic) bond motifs is 1. The van der Waals surface area contributed by atoms with Crippen LogP contribution in [0, 0.1) is 5.41 Å². The molecule has 3 rings (SSSR count). The highest BCUT2D eigenvalue weighted by Gasteiger charge is 2.24. The van der Waals surface area contributed by atoms with E-state index < -0.39 is 5.41 Å².